The summed E-state index contributed by atoms with van der Waals surface area (Å²) in [6.07, 6.45) is 4.14. The summed E-state index contributed by atoms with van der Waals surface area (Å²) in [6.45, 7) is 5.72. The Labute approximate surface area is 233 Å². The van der Waals surface area contributed by atoms with Crippen molar-refractivity contribution in [2.24, 2.45) is 5.92 Å². The van der Waals surface area contributed by atoms with Crippen molar-refractivity contribution in [3.05, 3.63) is 83.2 Å². The van der Waals surface area contributed by atoms with Gasteiger partial charge >= 0.3 is 0 Å². The molecule has 3 heterocycles. The minimum absolute atomic E-state index is 0.0220. The Bertz CT molecular complexity index is 1430. The number of rotatable bonds is 9. The number of hydrogen-bond acceptors (Lipinski definition) is 8. The van der Waals surface area contributed by atoms with Crippen molar-refractivity contribution in [2.75, 3.05) is 26.9 Å². The molecule has 1 atom stereocenters. The number of benzene rings is 2. The lowest BCUT2D eigenvalue weighted by Gasteiger charge is -2.26. The van der Waals surface area contributed by atoms with E-state index >= 15 is 0 Å². The number of Topliss-reactive ketones (excluding diaryl/α,β-unsaturated/α-hetero) is 1. The SMILES string of the molecule is COc1cc([C@@H]2C(=C(O)c3ccc4c(c3)OCCO4)C(=O)C(=O)N2Cc2ccncc2)ccc1OCCC(C)C. The molecule has 3 aromatic rings. The first-order chi connectivity index (χ1) is 19.4. The van der Waals surface area contributed by atoms with Crippen LogP contribution in [0.5, 0.6) is 23.0 Å². The van der Waals surface area contributed by atoms with Crippen LogP contribution in [0.4, 0.5) is 0 Å². The predicted molar refractivity (Wildman–Crippen MR) is 147 cm³/mol. The number of hydrogen-bond donors (Lipinski definition) is 1. The van der Waals surface area contributed by atoms with Gasteiger partial charge in [0, 0.05) is 24.5 Å². The summed E-state index contributed by atoms with van der Waals surface area (Å²) in [5, 5.41) is 11.5. The number of fused-ring (bicyclic) bond motifs is 1. The second-order valence-corrected chi connectivity index (χ2v) is 10.1. The largest absolute Gasteiger partial charge is 0.507 e. The van der Waals surface area contributed by atoms with Crippen molar-refractivity contribution < 1.29 is 33.6 Å². The molecular weight excluding hydrogens is 512 g/mol. The fraction of sp³-hybridized carbons (Fsp3) is 0.323. The highest BCUT2D eigenvalue weighted by Crippen LogP contribution is 2.43. The Balaban J connectivity index is 1.59. The number of aromatic nitrogens is 1. The predicted octanol–water partition coefficient (Wildman–Crippen LogP) is 4.91. The second-order valence-electron chi connectivity index (χ2n) is 10.1. The van der Waals surface area contributed by atoms with Crippen molar-refractivity contribution in [1.82, 2.24) is 9.88 Å². The van der Waals surface area contributed by atoms with Gasteiger partial charge in [-0.3, -0.25) is 14.6 Å². The average molecular weight is 545 g/mol. The minimum Gasteiger partial charge on any atom is -0.507 e. The summed E-state index contributed by atoms with van der Waals surface area (Å²) in [5.74, 6) is 0.741. The van der Waals surface area contributed by atoms with Gasteiger partial charge in [-0.25, -0.2) is 0 Å². The van der Waals surface area contributed by atoms with Gasteiger partial charge in [0.15, 0.2) is 23.0 Å². The highest BCUT2D eigenvalue weighted by molar-refractivity contribution is 6.46. The van der Waals surface area contributed by atoms with E-state index in [0.717, 1.165) is 12.0 Å². The van der Waals surface area contributed by atoms with Crippen LogP contribution in [-0.4, -0.2) is 53.6 Å². The van der Waals surface area contributed by atoms with Crippen molar-refractivity contribution in [1.29, 1.82) is 0 Å². The van der Waals surface area contributed by atoms with Crippen LogP contribution >= 0.6 is 0 Å². The number of aliphatic hydroxyl groups is 1. The molecule has 2 aromatic carbocycles. The molecule has 0 unspecified atom stereocenters. The lowest BCUT2D eigenvalue weighted by atomic mass is 9.94. The Hall–Kier alpha value is -4.53. The van der Waals surface area contributed by atoms with Crippen LogP contribution in [0, 0.1) is 5.92 Å². The monoisotopic (exact) mass is 544 g/mol. The number of nitrogens with zero attached hydrogens (tertiary/aromatic N) is 2. The number of ether oxygens (including phenoxy) is 4. The zero-order chi connectivity index (χ0) is 28.2. The molecule has 1 fully saturated rings. The fourth-order valence-corrected chi connectivity index (χ4v) is 4.80. The first kappa shape index (κ1) is 27.1. The van der Waals surface area contributed by atoms with Crippen molar-refractivity contribution in [3.63, 3.8) is 0 Å². The first-order valence-electron chi connectivity index (χ1n) is 13.3. The standard InChI is InChI=1S/C31H32N2O7/c1-19(2)10-13-38-23-6-4-21(16-25(23)37-3)28-27(29(34)22-5-7-24-26(17-22)40-15-14-39-24)30(35)31(36)33(28)18-20-8-11-32-12-9-20/h4-9,11-12,16-17,19,28,34H,10,13-15,18H2,1-3H3/t28-/m1/s1. The van der Waals surface area contributed by atoms with Crippen LogP contribution < -0.4 is 18.9 Å². The quantitative estimate of drug-likeness (QED) is 0.230. The summed E-state index contributed by atoms with van der Waals surface area (Å²) in [6, 6.07) is 12.9. The van der Waals surface area contributed by atoms with E-state index in [2.05, 4.69) is 18.8 Å². The molecule has 0 aliphatic carbocycles. The number of amides is 1. The Kier molecular flexibility index (Phi) is 7.91. The van der Waals surface area contributed by atoms with E-state index in [4.69, 9.17) is 18.9 Å². The lowest BCUT2D eigenvalue weighted by molar-refractivity contribution is -0.140. The maximum atomic E-state index is 13.5. The van der Waals surface area contributed by atoms with E-state index in [1.807, 2.05) is 0 Å². The number of carbonyl (C=O) groups is 2. The van der Waals surface area contributed by atoms with E-state index in [1.54, 1.807) is 60.9 Å². The lowest BCUT2D eigenvalue weighted by Crippen LogP contribution is -2.29. The van der Waals surface area contributed by atoms with Crippen LogP contribution in [0.1, 0.15) is 43.0 Å². The summed E-state index contributed by atoms with van der Waals surface area (Å²) in [7, 11) is 1.54. The smallest absolute Gasteiger partial charge is 0.295 e. The molecule has 2 aliphatic rings. The third kappa shape index (κ3) is 5.45. The van der Waals surface area contributed by atoms with Crippen LogP contribution in [0.25, 0.3) is 5.76 Å². The third-order valence-electron chi connectivity index (χ3n) is 6.91. The molecule has 1 saturated heterocycles. The van der Waals surface area contributed by atoms with Crippen LogP contribution in [-0.2, 0) is 16.1 Å². The molecule has 1 N–H and O–H groups in total. The fourth-order valence-electron chi connectivity index (χ4n) is 4.80. The molecule has 1 amide bonds. The Morgan fingerprint density at radius 3 is 2.50 bits per heavy atom. The molecule has 0 saturated carbocycles. The van der Waals surface area contributed by atoms with Crippen molar-refractivity contribution in [2.45, 2.75) is 32.9 Å². The van der Waals surface area contributed by atoms with Gasteiger partial charge in [-0.2, -0.15) is 0 Å². The molecule has 40 heavy (non-hydrogen) atoms. The maximum absolute atomic E-state index is 13.5. The molecule has 0 bridgehead atoms. The second kappa shape index (κ2) is 11.7. The summed E-state index contributed by atoms with van der Waals surface area (Å²) in [4.78, 5) is 32.4. The molecule has 1 aromatic heterocycles. The zero-order valence-electron chi connectivity index (χ0n) is 22.8. The number of aliphatic hydroxyl groups excluding tert-OH is 1. The highest BCUT2D eigenvalue weighted by atomic mass is 16.6. The molecule has 2 aliphatic heterocycles. The summed E-state index contributed by atoms with van der Waals surface area (Å²) in [5.41, 5.74) is 1.71. The first-order valence-corrected chi connectivity index (χ1v) is 13.3. The molecule has 208 valence electrons. The molecule has 9 nitrogen and oxygen atoms in total. The number of carbonyl (C=O) groups excluding carboxylic acids is 2. The molecule has 5 rings (SSSR count). The van der Waals surface area contributed by atoms with Gasteiger partial charge in [0.25, 0.3) is 11.7 Å². The van der Waals surface area contributed by atoms with E-state index in [9.17, 15) is 14.7 Å². The topological polar surface area (TPSA) is 107 Å². The number of methoxy groups -OCH3 is 1. The van der Waals surface area contributed by atoms with E-state index in [1.165, 1.54) is 12.0 Å². The molecule has 9 heteroatoms. The Morgan fingerprint density at radius 2 is 1.77 bits per heavy atom. The van der Waals surface area contributed by atoms with Crippen LogP contribution in [0.3, 0.4) is 0 Å². The van der Waals surface area contributed by atoms with E-state index in [-0.39, 0.29) is 17.9 Å². The van der Waals surface area contributed by atoms with Gasteiger partial charge in [0.2, 0.25) is 0 Å². The maximum Gasteiger partial charge on any atom is 0.295 e. The normalized spacial score (nSPS) is 17.8. The van der Waals surface area contributed by atoms with Gasteiger partial charge < -0.3 is 29.0 Å². The zero-order valence-corrected chi connectivity index (χ0v) is 22.8. The van der Waals surface area contributed by atoms with Crippen molar-refractivity contribution in [3.8, 4) is 23.0 Å². The van der Waals surface area contributed by atoms with E-state index in [0.29, 0.717) is 59.9 Å². The minimum atomic E-state index is -0.875. The Morgan fingerprint density at radius 1 is 1.02 bits per heavy atom. The molecular formula is C31H32N2O7. The number of likely N-dealkylation sites (tertiary alicyclic amines) is 1. The van der Waals surface area contributed by atoms with Gasteiger partial charge in [0.1, 0.15) is 19.0 Å². The van der Waals surface area contributed by atoms with Crippen molar-refractivity contribution >= 4 is 17.4 Å². The van der Waals surface area contributed by atoms with Gasteiger partial charge in [-0.1, -0.05) is 19.9 Å². The number of pyridine rings is 1. The summed E-state index contributed by atoms with van der Waals surface area (Å²) >= 11 is 0. The summed E-state index contributed by atoms with van der Waals surface area (Å²) < 4.78 is 22.8. The van der Waals surface area contributed by atoms with Gasteiger partial charge in [-0.15, -0.1) is 0 Å². The average Bonchev–Trinajstić information content (AvgIpc) is 3.22. The van der Waals surface area contributed by atoms with Gasteiger partial charge in [0.05, 0.1) is 25.3 Å². The van der Waals surface area contributed by atoms with Gasteiger partial charge in [-0.05, 0) is 65.9 Å². The molecule has 0 radical (unpaired) electrons. The van der Waals surface area contributed by atoms with E-state index < -0.39 is 17.7 Å². The third-order valence-corrected chi connectivity index (χ3v) is 6.91. The van der Waals surface area contributed by atoms with Crippen LogP contribution in [0.2, 0.25) is 0 Å². The molecule has 0 spiro atoms. The number of ketones is 1. The highest BCUT2D eigenvalue weighted by Gasteiger charge is 2.46. The van der Waals surface area contributed by atoms with Crippen LogP contribution in [0.15, 0.2) is 66.5 Å².